The van der Waals surface area contributed by atoms with Gasteiger partial charge in [-0.25, -0.2) is 0 Å². The Hall–Kier alpha value is -2.22. The average Bonchev–Trinajstić information content (AvgIpc) is 2.71. The highest BCUT2D eigenvalue weighted by molar-refractivity contribution is 7.89. The summed E-state index contributed by atoms with van der Waals surface area (Å²) in [7, 11) is -4.30. The molecule has 1 aromatic carbocycles. The summed E-state index contributed by atoms with van der Waals surface area (Å²) in [5.74, 6) is -2.32. The van der Waals surface area contributed by atoms with Gasteiger partial charge in [0.2, 0.25) is 11.8 Å². The zero-order valence-electron chi connectivity index (χ0n) is 11.6. The SMILES string of the molecule is CC(=O)N(N1C(=O)CCC1=O)S(=O)(=O)c1ccc(C)cc1. The molecule has 0 atom stereocenters. The second-order valence-electron chi connectivity index (χ2n) is 4.68. The zero-order chi connectivity index (χ0) is 15.8. The number of rotatable bonds is 3. The second-order valence-corrected chi connectivity index (χ2v) is 6.45. The van der Waals surface area contributed by atoms with Gasteiger partial charge in [-0.3, -0.25) is 14.4 Å². The van der Waals surface area contributed by atoms with E-state index in [0.717, 1.165) is 12.5 Å². The number of nitrogens with zero attached hydrogens (tertiary/aromatic N) is 2. The molecule has 0 N–H and O–H groups in total. The maximum Gasteiger partial charge on any atom is 0.284 e. The molecule has 0 aliphatic carbocycles. The van der Waals surface area contributed by atoms with E-state index in [0.29, 0.717) is 5.01 Å². The lowest BCUT2D eigenvalue weighted by molar-refractivity contribution is -0.157. The van der Waals surface area contributed by atoms with Crippen molar-refractivity contribution in [2.45, 2.75) is 31.6 Å². The average molecular weight is 310 g/mol. The molecule has 8 heteroatoms. The van der Waals surface area contributed by atoms with E-state index in [1.807, 2.05) is 0 Å². The van der Waals surface area contributed by atoms with Crippen LogP contribution in [0.25, 0.3) is 0 Å². The number of hydrazine groups is 1. The molecule has 7 nitrogen and oxygen atoms in total. The quantitative estimate of drug-likeness (QED) is 0.762. The summed E-state index contributed by atoms with van der Waals surface area (Å²) < 4.78 is 25.3. The number of sulfonamides is 1. The van der Waals surface area contributed by atoms with E-state index >= 15 is 0 Å². The predicted octanol–water partition coefficient (Wildman–Crippen LogP) is 0.596. The molecule has 112 valence electrons. The van der Waals surface area contributed by atoms with Crippen LogP contribution in [0.1, 0.15) is 25.3 Å². The molecular weight excluding hydrogens is 296 g/mol. The Balaban J connectivity index is 2.52. The van der Waals surface area contributed by atoms with Crippen molar-refractivity contribution < 1.29 is 22.8 Å². The summed E-state index contributed by atoms with van der Waals surface area (Å²) in [6.07, 6.45) is -0.210. The van der Waals surface area contributed by atoms with Crippen LogP contribution in [0.2, 0.25) is 0 Å². The molecule has 1 aliphatic heterocycles. The van der Waals surface area contributed by atoms with Crippen LogP contribution in [-0.4, -0.2) is 35.6 Å². The molecule has 0 radical (unpaired) electrons. The number of imide groups is 1. The largest absolute Gasteiger partial charge is 0.284 e. The van der Waals surface area contributed by atoms with E-state index in [1.165, 1.54) is 12.1 Å². The Kier molecular flexibility index (Phi) is 3.82. The second kappa shape index (κ2) is 5.28. The van der Waals surface area contributed by atoms with Gasteiger partial charge in [0.05, 0.1) is 4.90 Å². The highest BCUT2D eigenvalue weighted by atomic mass is 32.2. The number of hydrogen-bond donors (Lipinski definition) is 0. The molecule has 1 saturated heterocycles. The van der Waals surface area contributed by atoms with E-state index in [4.69, 9.17) is 0 Å². The molecule has 0 spiro atoms. The Morgan fingerprint density at radius 3 is 2.00 bits per heavy atom. The monoisotopic (exact) mass is 310 g/mol. The maximum absolute atomic E-state index is 12.5. The first kappa shape index (κ1) is 15.2. The Labute approximate surface area is 122 Å². The topological polar surface area (TPSA) is 91.8 Å². The van der Waals surface area contributed by atoms with Crippen molar-refractivity contribution in [1.82, 2.24) is 9.42 Å². The fourth-order valence-electron chi connectivity index (χ4n) is 1.99. The first-order chi connectivity index (χ1) is 9.75. The number of carbonyl (C=O) groups excluding carboxylic acids is 3. The fourth-order valence-corrected chi connectivity index (χ4v) is 3.41. The third-order valence-corrected chi connectivity index (χ3v) is 4.77. The van der Waals surface area contributed by atoms with Crippen LogP contribution in [0.3, 0.4) is 0 Å². The fraction of sp³-hybridized carbons (Fsp3) is 0.308. The minimum absolute atomic E-state index is 0.105. The molecule has 2 rings (SSSR count). The lowest BCUT2D eigenvalue weighted by Gasteiger charge is -2.27. The number of aryl methyl sites for hydroxylation is 1. The Bertz CT molecular complexity index is 693. The highest BCUT2D eigenvalue weighted by Gasteiger charge is 2.42. The van der Waals surface area contributed by atoms with Crippen LogP contribution < -0.4 is 0 Å². The van der Waals surface area contributed by atoms with Crippen LogP contribution in [0, 0.1) is 6.92 Å². The molecule has 0 saturated carbocycles. The highest BCUT2D eigenvalue weighted by Crippen LogP contribution is 2.23. The number of benzene rings is 1. The van der Waals surface area contributed by atoms with Gasteiger partial charge in [0.25, 0.3) is 15.9 Å². The van der Waals surface area contributed by atoms with Gasteiger partial charge >= 0.3 is 0 Å². The van der Waals surface area contributed by atoms with Crippen molar-refractivity contribution in [3.05, 3.63) is 29.8 Å². The first-order valence-corrected chi connectivity index (χ1v) is 7.67. The normalized spacial score (nSPS) is 15.4. The minimum Gasteiger partial charge on any atom is -0.272 e. The minimum atomic E-state index is -4.30. The van der Waals surface area contributed by atoms with Crippen LogP contribution in [0.5, 0.6) is 0 Å². The number of carbonyl (C=O) groups is 3. The van der Waals surface area contributed by atoms with Gasteiger partial charge in [-0.2, -0.15) is 13.4 Å². The maximum atomic E-state index is 12.5. The van der Waals surface area contributed by atoms with Gasteiger partial charge in [-0.05, 0) is 19.1 Å². The van der Waals surface area contributed by atoms with Crippen molar-refractivity contribution >= 4 is 27.7 Å². The summed E-state index contributed by atoms with van der Waals surface area (Å²) in [4.78, 5) is 35.0. The van der Waals surface area contributed by atoms with Crippen molar-refractivity contribution in [3.63, 3.8) is 0 Å². The van der Waals surface area contributed by atoms with E-state index in [-0.39, 0.29) is 22.2 Å². The van der Waals surface area contributed by atoms with Crippen molar-refractivity contribution in [3.8, 4) is 0 Å². The molecular formula is C13H14N2O5S. The zero-order valence-corrected chi connectivity index (χ0v) is 12.4. The van der Waals surface area contributed by atoms with Crippen LogP contribution >= 0.6 is 0 Å². The summed E-state index contributed by atoms with van der Waals surface area (Å²) in [5.41, 5.74) is 0.844. The molecule has 1 fully saturated rings. The summed E-state index contributed by atoms with van der Waals surface area (Å²) in [6.45, 7) is 2.78. The Morgan fingerprint density at radius 2 is 1.57 bits per heavy atom. The van der Waals surface area contributed by atoms with Crippen LogP contribution in [0.4, 0.5) is 0 Å². The van der Waals surface area contributed by atoms with E-state index in [9.17, 15) is 22.8 Å². The molecule has 1 heterocycles. The van der Waals surface area contributed by atoms with Gasteiger partial charge in [0, 0.05) is 19.8 Å². The van der Waals surface area contributed by atoms with Gasteiger partial charge in [0.1, 0.15) is 0 Å². The van der Waals surface area contributed by atoms with Gasteiger partial charge in [-0.1, -0.05) is 17.7 Å². The summed E-state index contributed by atoms with van der Waals surface area (Å²) in [5, 5.41) is 0.414. The van der Waals surface area contributed by atoms with Crippen LogP contribution in [-0.2, 0) is 24.4 Å². The Morgan fingerprint density at radius 1 is 1.10 bits per heavy atom. The molecule has 3 amide bonds. The van der Waals surface area contributed by atoms with Gasteiger partial charge < -0.3 is 0 Å². The molecule has 21 heavy (non-hydrogen) atoms. The lowest BCUT2D eigenvalue weighted by Crippen LogP contribution is -2.51. The van der Waals surface area contributed by atoms with Gasteiger partial charge in [0.15, 0.2) is 0 Å². The summed E-state index contributed by atoms with van der Waals surface area (Å²) >= 11 is 0. The van der Waals surface area contributed by atoms with Crippen LogP contribution in [0.15, 0.2) is 29.2 Å². The summed E-state index contributed by atoms with van der Waals surface area (Å²) in [6, 6.07) is 5.79. The number of amides is 3. The first-order valence-electron chi connectivity index (χ1n) is 6.23. The molecule has 0 bridgehead atoms. The molecule has 0 aromatic heterocycles. The molecule has 0 unspecified atom stereocenters. The standard InChI is InChI=1S/C13H14N2O5S/c1-9-3-5-11(6-4-9)21(19,20)15(10(2)16)14-12(17)7-8-13(14)18/h3-6H,7-8H2,1-2H3. The molecule has 1 aliphatic rings. The smallest absolute Gasteiger partial charge is 0.272 e. The third-order valence-electron chi connectivity index (χ3n) is 3.02. The van der Waals surface area contributed by atoms with Crippen molar-refractivity contribution in [1.29, 1.82) is 0 Å². The predicted molar refractivity (Wildman–Crippen MR) is 72.0 cm³/mol. The van der Waals surface area contributed by atoms with E-state index < -0.39 is 27.7 Å². The van der Waals surface area contributed by atoms with Crippen molar-refractivity contribution in [2.75, 3.05) is 0 Å². The molecule has 1 aromatic rings. The lowest BCUT2D eigenvalue weighted by atomic mass is 10.2. The number of hydrogen-bond acceptors (Lipinski definition) is 5. The van der Waals surface area contributed by atoms with E-state index in [2.05, 4.69) is 0 Å². The third kappa shape index (κ3) is 2.66. The van der Waals surface area contributed by atoms with Gasteiger partial charge in [-0.15, -0.1) is 4.41 Å². The van der Waals surface area contributed by atoms with E-state index in [1.54, 1.807) is 19.1 Å². The van der Waals surface area contributed by atoms with Crippen molar-refractivity contribution in [2.24, 2.45) is 0 Å².